The van der Waals surface area contributed by atoms with Crippen LogP contribution in [-0.4, -0.2) is 35.6 Å². The molecule has 31 heavy (non-hydrogen) atoms. The molecule has 168 valence electrons. The number of para-hydroxylation sites is 1. The fraction of sp³-hybridized carbons (Fsp3) is 0.440. The molecular formula is C25H36N3O3+. The maximum Gasteiger partial charge on any atom is 0.279 e. The van der Waals surface area contributed by atoms with Gasteiger partial charge in [-0.15, -0.1) is 0 Å². The van der Waals surface area contributed by atoms with Crippen LogP contribution in [0.5, 0.6) is 0 Å². The van der Waals surface area contributed by atoms with Crippen molar-refractivity contribution in [1.29, 1.82) is 0 Å². The number of rotatable bonds is 11. The minimum absolute atomic E-state index is 0.0228. The first kappa shape index (κ1) is 24.6. The van der Waals surface area contributed by atoms with Crippen molar-refractivity contribution in [2.45, 2.75) is 52.2 Å². The van der Waals surface area contributed by atoms with Gasteiger partial charge < -0.3 is 21.1 Å². The SMILES string of the molecule is CC(C)C[C@H](NC(=O)[C@@H]([NH2+][C@@H](CO)c1ccccc1)C(C)C)C(=O)Nc1ccccc1. The number of hydrogen-bond acceptors (Lipinski definition) is 3. The molecule has 0 aliphatic heterocycles. The smallest absolute Gasteiger partial charge is 0.279 e. The zero-order valence-corrected chi connectivity index (χ0v) is 18.9. The molecule has 0 spiro atoms. The predicted octanol–water partition coefficient (Wildman–Crippen LogP) is 2.48. The molecule has 6 nitrogen and oxygen atoms in total. The fourth-order valence-corrected chi connectivity index (χ4v) is 3.56. The van der Waals surface area contributed by atoms with Crippen molar-refractivity contribution in [3.8, 4) is 0 Å². The number of aliphatic hydroxyl groups is 1. The summed E-state index contributed by atoms with van der Waals surface area (Å²) in [6.45, 7) is 7.92. The zero-order valence-electron chi connectivity index (χ0n) is 18.9. The number of anilines is 1. The van der Waals surface area contributed by atoms with Gasteiger partial charge in [0.15, 0.2) is 6.04 Å². The lowest BCUT2D eigenvalue weighted by molar-refractivity contribution is -0.722. The van der Waals surface area contributed by atoms with E-state index in [9.17, 15) is 14.7 Å². The third-order valence-electron chi connectivity index (χ3n) is 5.27. The first-order valence-corrected chi connectivity index (χ1v) is 11.0. The van der Waals surface area contributed by atoms with Crippen molar-refractivity contribution in [1.82, 2.24) is 5.32 Å². The second kappa shape index (κ2) is 12.2. The molecular weight excluding hydrogens is 390 g/mol. The van der Waals surface area contributed by atoms with Crippen molar-refractivity contribution >= 4 is 17.5 Å². The number of quaternary nitrogens is 1. The van der Waals surface area contributed by atoms with E-state index in [1.165, 1.54) is 0 Å². The number of carbonyl (C=O) groups excluding carboxylic acids is 2. The van der Waals surface area contributed by atoms with E-state index in [-0.39, 0.29) is 36.3 Å². The van der Waals surface area contributed by atoms with Crippen LogP contribution in [0.25, 0.3) is 0 Å². The lowest BCUT2D eigenvalue weighted by Gasteiger charge is -2.26. The Bertz CT molecular complexity index is 809. The van der Waals surface area contributed by atoms with Crippen LogP contribution in [0.4, 0.5) is 5.69 Å². The number of benzene rings is 2. The minimum atomic E-state index is -0.633. The first-order chi connectivity index (χ1) is 14.8. The van der Waals surface area contributed by atoms with E-state index in [1.54, 1.807) is 0 Å². The van der Waals surface area contributed by atoms with E-state index < -0.39 is 12.1 Å². The summed E-state index contributed by atoms with van der Waals surface area (Å²) < 4.78 is 0. The highest BCUT2D eigenvalue weighted by Crippen LogP contribution is 2.12. The Kier molecular flexibility index (Phi) is 9.69. The van der Waals surface area contributed by atoms with Crippen LogP contribution in [0.2, 0.25) is 0 Å². The molecule has 0 fully saturated rings. The maximum absolute atomic E-state index is 13.2. The zero-order chi connectivity index (χ0) is 22.8. The highest BCUT2D eigenvalue weighted by molar-refractivity contribution is 5.97. The largest absolute Gasteiger partial charge is 0.390 e. The number of nitrogens with two attached hydrogens (primary N) is 1. The molecule has 0 aliphatic carbocycles. The van der Waals surface area contributed by atoms with Crippen molar-refractivity contribution in [2.75, 3.05) is 11.9 Å². The Labute approximate surface area is 185 Å². The van der Waals surface area contributed by atoms with Crippen LogP contribution in [0.15, 0.2) is 60.7 Å². The van der Waals surface area contributed by atoms with E-state index in [0.29, 0.717) is 12.1 Å². The standard InChI is InChI=1S/C25H35N3O3/c1-17(2)15-21(24(30)26-20-13-9-6-10-14-20)28-25(31)23(18(3)4)27-22(16-29)19-11-7-5-8-12-19/h5-14,17-18,21-23,27,29H,15-16H2,1-4H3,(H,26,30)(H,28,31)/p+1/t21-,22-,23-/m0/s1. The summed E-state index contributed by atoms with van der Waals surface area (Å²) >= 11 is 0. The van der Waals surface area contributed by atoms with Gasteiger partial charge in [0.2, 0.25) is 5.91 Å². The molecule has 0 saturated heterocycles. The third kappa shape index (κ3) is 7.81. The van der Waals surface area contributed by atoms with Gasteiger partial charge in [-0.2, -0.15) is 0 Å². The monoisotopic (exact) mass is 426 g/mol. The van der Waals surface area contributed by atoms with Gasteiger partial charge in [-0.25, -0.2) is 0 Å². The van der Waals surface area contributed by atoms with E-state index in [0.717, 1.165) is 5.56 Å². The molecule has 5 N–H and O–H groups in total. The van der Waals surface area contributed by atoms with Crippen molar-refractivity contribution in [2.24, 2.45) is 11.8 Å². The average Bonchev–Trinajstić information content (AvgIpc) is 2.74. The van der Waals surface area contributed by atoms with Gasteiger partial charge in [0.05, 0.1) is 6.61 Å². The quantitative estimate of drug-likeness (QED) is 0.445. The number of carbonyl (C=O) groups is 2. The van der Waals surface area contributed by atoms with Gasteiger partial charge in [-0.05, 0) is 24.5 Å². The second-order valence-electron chi connectivity index (χ2n) is 8.71. The van der Waals surface area contributed by atoms with Crippen molar-refractivity contribution < 1.29 is 20.0 Å². The normalized spacial score (nSPS) is 14.2. The van der Waals surface area contributed by atoms with Crippen molar-refractivity contribution in [3.63, 3.8) is 0 Å². The summed E-state index contributed by atoms with van der Waals surface area (Å²) in [5.41, 5.74) is 1.66. The molecule has 0 saturated carbocycles. The number of nitrogens with one attached hydrogen (secondary N) is 2. The first-order valence-electron chi connectivity index (χ1n) is 11.0. The molecule has 2 aromatic carbocycles. The van der Waals surface area contributed by atoms with Gasteiger partial charge >= 0.3 is 0 Å². The molecule has 6 heteroatoms. The van der Waals surface area contributed by atoms with Gasteiger partial charge in [-0.1, -0.05) is 76.2 Å². The topological polar surface area (TPSA) is 95.0 Å². The number of amides is 2. The van der Waals surface area contributed by atoms with E-state index in [1.807, 2.05) is 93.7 Å². The van der Waals surface area contributed by atoms with Crippen LogP contribution >= 0.6 is 0 Å². The molecule has 0 aromatic heterocycles. The second-order valence-corrected chi connectivity index (χ2v) is 8.71. The fourth-order valence-electron chi connectivity index (χ4n) is 3.56. The molecule has 0 heterocycles. The molecule has 3 atom stereocenters. The summed E-state index contributed by atoms with van der Waals surface area (Å²) in [7, 11) is 0. The highest BCUT2D eigenvalue weighted by atomic mass is 16.3. The predicted molar refractivity (Wildman–Crippen MR) is 123 cm³/mol. The molecule has 0 radical (unpaired) electrons. The van der Waals surface area contributed by atoms with E-state index in [4.69, 9.17) is 0 Å². The van der Waals surface area contributed by atoms with Gasteiger partial charge in [0, 0.05) is 17.2 Å². The summed E-state index contributed by atoms with van der Waals surface area (Å²) in [5, 5.41) is 17.7. The van der Waals surface area contributed by atoms with Gasteiger partial charge in [0.25, 0.3) is 5.91 Å². The summed E-state index contributed by atoms with van der Waals surface area (Å²) in [6, 6.07) is 17.6. The van der Waals surface area contributed by atoms with Gasteiger partial charge in [0.1, 0.15) is 12.1 Å². The van der Waals surface area contributed by atoms with Crippen molar-refractivity contribution in [3.05, 3.63) is 66.2 Å². The number of hydrogen-bond donors (Lipinski definition) is 4. The molecule has 2 rings (SSSR count). The average molecular weight is 427 g/mol. The maximum atomic E-state index is 13.2. The van der Waals surface area contributed by atoms with Crippen LogP contribution < -0.4 is 16.0 Å². The highest BCUT2D eigenvalue weighted by Gasteiger charge is 2.33. The van der Waals surface area contributed by atoms with Crippen LogP contribution in [0.3, 0.4) is 0 Å². The Morgan fingerprint density at radius 1 is 0.903 bits per heavy atom. The molecule has 0 unspecified atom stereocenters. The van der Waals surface area contributed by atoms with Crippen LogP contribution in [0.1, 0.15) is 45.7 Å². The lowest BCUT2D eigenvalue weighted by Crippen LogP contribution is -2.95. The third-order valence-corrected chi connectivity index (χ3v) is 5.27. The number of aliphatic hydroxyl groups excluding tert-OH is 1. The van der Waals surface area contributed by atoms with Crippen LogP contribution in [0, 0.1) is 11.8 Å². The summed E-state index contributed by atoms with van der Waals surface area (Å²) in [4.78, 5) is 26.1. The lowest BCUT2D eigenvalue weighted by atomic mass is 9.98. The Morgan fingerprint density at radius 2 is 1.48 bits per heavy atom. The molecule has 2 aromatic rings. The van der Waals surface area contributed by atoms with Gasteiger partial charge in [-0.3, -0.25) is 9.59 Å². The Balaban J connectivity index is 2.13. The summed E-state index contributed by atoms with van der Waals surface area (Å²) in [6.07, 6.45) is 0.539. The molecule has 0 bridgehead atoms. The Morgan fingerprint density at radius 3 is 2.00 bits per heavy atom. The minimum Gasteiger partial charge on any atom is -0.390 e. The summed E-state index contributed by atoms with van der Waals surface area (Å²) in [5.74, 6) is -0.159. The van der Waals surface area contributed by atoms with E-state index in [2.05, 4.69) is 10.6 Å². The van der Waals surface area contributed by atoms with Crippen LogP contribution in [-0.2, 0) is 9.59 Å². The molecule has 2 amide bonds. The Hall–Kier alpha value is -2.70. The van der Waals surface area contributed by atoms with E-state index >= 15 is 0 Å². The molecule has 0 aliphatic rings.